The molecule has 1 unspecified atom stereocenters. The van der Waals surface area contributed by atoms with Crippen LogP contribution in [0.15, 0.2) is 0 Å². The second-order valence-electron chi connectivity index (χ2n) is 7.54. The van der Waals surface area contributed by atoms with Crippen LogP contribution in [-0.4, -0.2) is 23.4 Å². The van der Waals surface area contributed by atoms with Crippen LogP contribution < -0.4 is 0 Å². The lowest BCUT2D eigenvalue weighted by Crippen LogP contribution is -2.52. The summed E-state index contributed by atoms with van der Waals surface area (Å²) in [5.41, 5.74) is 0.761. The van der Waals surface area contributed by atoms with Crippen molar-refractivity contribution in [3.63, 3.8) is 0 Å². The summed E-state index contributed by atoms with van der Waals surface area (Å²) in [4.78, 5) is 0. The Hall–Kier alpha value is -0.0800. The first-order valence-electron chi connectivity index (χ1n) is 7.67. The fourth-order valence-electron chi connectivity index (χ4n) is 5.37. The van der Waals surface area contributed by atoms with Crippen LogP contribution in [0.2, 0.25) is 0 Å². The summed E-state index contributed by atoms with van der Waals surface area (Å²) >= 11 is 0. The average molecular weight is 254 g/mol. The number of aliphatic hydroxyl groups excluding tert-OH is 2. The molecule has 0 aliphatic heterocycles. The van der Waals surface area contributed by atoms with Crippen molar-refractivity contribution in [2.45, 2.75) is 59.3 Å². The van der Waals surface area contributed by atoms with Gasteiger partial charge in [-0.2, -0.15) is 0 Å². The highest BCUT2D eigenvalue weighted by molar-refractivity contribution is 5.03. The van der Waals surface area contributed by atoms with Crippen molar-refractivity contribution < 1.29 is 10.2 Å². The minimum atomic E-state index is 0.268. The van der Waals surface area contributed by atoms with E-state index in [0.29, 0.717) is 29.3 Å². The number of fused-ring (bicyclic) bond motifs is 1. The summed E-state index contributed by atoms with van der Waals surface area (Å²) in [7, 11) is 0. The Kier molecular flexibility index (Phi) is 4.08. The zero-order chi connectivity index (χ0) is 13.4. The Morgan fingerprint density at radius 1 is 1.06 bits per heavy atom. The first-order chi connectivity index (χ1) is 8.45. The van der Waals surface area contributed by atoms with Crippen LogP contribution >= 0.6 is 0 Å². The van der Waals surface area contributed by atoms with Crippen molar-refractivity contribution in [2.24, 2.45) is 28.6 Å². The Morgan fingerprint density at radius 2 is 1.78 bits per heavy atom. The molecule has 106 valence electrons. The van der Waals surface area contributed by atoms with Gasteiger partial charge in [0.1, 0.15) is 0 Å². The molecule has 2 rings (SSSR count). The van der Waals surface area contributed by atoms with Crippen molar-refractivity contribution in [2.75, 3.05) is 13.2 Å². The summed E-state index contributed by atoms with van der Waals surface area (Å²) < 4.78 is 0. The minimum absolute atomic E-state index is 0.268. The molecule has 0 aromatic rings. The average Bonchev–Trinajstić information content (AvgIpc) is 2.30. The van der Waals surface area contributed by atoms with Crippen molar-refractivity contribution in [1.82, 2.24) is 0 Å². The fraction of sp³-hybridized carbons (Fsp3) is 1.00. The molecule has 18 heavy (non-hydrogen) atoms. The quantitative estimate of drug-likeness (QED) is 0.812. The molecule has 0 heterocycles. The Morgan fingerprint density at radius 3 is 2.39 bits per heavy atom. The van der Waals surface area contributed by atoms with Gasteiger partial charge in [0.15, 0.2) is 0 Å². The SMILES string of the molecule is CC1(C)CCC[C@@]2(C)C1CC[C@H](CO)[C@@H]2CCO. The smallest absolute Gasteiger partial charge is 0.0462 e. The zero-order valence-corrected chi connectivity index (χ0v) is 12.3. The topological polar surface area (TPSA) is 40.5 Å². The number of aliphatic hydroxyl groups is 2. The van der Waals surface area contributed by atoms with Gasteiger partial charge >= 0.3 is 0 Å². The normalized spacial score (nSPS) is 43.5. The molecular formula is C16H30O2. The van der Waals surface area contributed by atoms with E-state index >= 15 is 0 Å². The van der Waals surface area contributed by atoms with E-state index in [1.54, 1.807) is 0 Å². The summed E-state index contributed by atoms with van der Waals surface area (Å²) in [6.07, 6.45) is 7.20. The van der Waals surface area contributed by atoms with E-state index in [9.17, 15) is 10.2 Å². The molecule has 2 nitrogen and oxygen atoms in total. The van der Waals surface area contributed by atoms with Gasteiger partial charge in [0.25, 0.3) is 0 Å². The Bertz CT molecular complexity index is 287. The van der Waals surface area contributed by atoms with Crippen molar-refractivity contribution in [3.8, 4) is 0 Å². The van der Waals surface area contributed by atoms with E-state index in [-0.39, 0.29) is 6.61 Å². The van der Waals surface area contributed by atoms with Crippen molar-refractivity contribution >= 4 is 0 Å². The highest BCUT2D eigenvalue weighted by Crippen LogP contribution is 2.61. The van der Waals surface area contributed by atoms with Crippen LogP contribution in [0.3, 0.4) is 0 Å². The summed E-state index contributed by atoms with van der Waals surface area (Å²) in [5, 5.41) is 19.0. The first kappa shape index (κ1) is 14.3. The van der Waals surface area contributed by atoms with Crippen molar-refractivity contribution in [3.05, 3.63) is 0 Å². The van der Waals surface area contributed by atoms with E-state index in [2.05, 4.69) is 20.8 Å². The molecule has 2 saturated carbocycles. The lowest BCUT2D eigenvalue weighted by molar-refractivity contribution is -0.111. The number of hydrogen-bond donors (Lipinski definition) is 2. The van der Waals surface area contributed by atoms with Gasteiger partial charge in [-0.05, 0) is 60.7 Å². The summed E-state index contributed by atoms with van der Waals surface area (Å²) in [6.45, 7) is 7.84. The molecule has 0 spiro atoms. The predicted octanol–water partition coefficient (Wildman–Crippen LogP) is 3.22. The van der Waals surface area contributed by atoms with Crippen LogP contribution in [0.4, 0.5) is 0 Å². The van der Waals surface area contributed by atoms with Gasteiger partial charge in [-0.15, -0.1) is 0 Å². The molecule has 0 bridgehead atoms. The van der Waals surface area contributed by atoms with E-state index in [4.69, 9.17) is 0 Å². The molecule has 0 saturated heterocycles. The Balaban J connectivity index is 2.28. The molecule has 2 fully saturated rings. The molecule has 0 radical (unpaired) electrons. The monoisotopic (exact) mass is 254 g/mol. The fourth-order valence-corrected chi connectivity index (χ4v) is 5.37. The number of rotatable bonds is 3. The van der Waals surface area contributed by atoms with Crippen LogP contribution in [0, 0.1) is 28.6 Å². The third kappa shape index (κ3) is 2.22. The molecule has 2 heteroatoms. The van der Waals surface area contributed by atoms with Gasteiger partial charge in [0.05, 0.1) is 0 Å². The zero-order valence-electron chi connectivity index (χ0n) is 12.3. The van der Waals surface area contributed by atoms with E-state index in [1.807, 2.05) is 0 Å². The second-order valence-corrected chi connectivity index (χ2v) is 7.54. The van der Waals surface area contributed by atoms with Crippen LogP contribution in [0.25, 0.3) is 0 Å². The van der Waals surface area contributed by atoms with Gasteiger partial charge in [0, 0.05) is 13.2 Å². The second kappa shape index (κ2) is 5.13. The maximum Gasteiger partial charge on any atom is 0.0462 e. The van der Waals surface area contributed by atoms with Gasteiger partial charge in [-0.3, -0.25) is 0 Å². The highest BCUT2D eigenvalue weighted by Gasteiger charge is 2.53. The van der Waals surface area contributed by atoms with E-state index in [1.165, 1.54) is 25.7 Å². The third-order valence-electron chi connectivity index (χ3n) is 6.19. The van der Waals surface area contributed by atoms with Gasteiger partial charge in [0.2, 0.25) is 0 Å². The standard InChI is InChI=1S/C16H30O2/c1-15(2)8-4-9-16(3)13(7-10-17)12(11-18)5-6-14(15)16/h12-14,17-18H,4-11H2,1-3H3/t12-,13+,14?,16-/m1/s1. The molecule has 2 aliphatic rings. The van der Waals surface area contributed by atoms with E-state index in [0.717, 1.165) is 18.8 Å². The predicted molar refractivity (Wildman–Crippen MR) is 74.2 cm³/mol. The number of hydrogen-bond acceptors (Lipinski definition) is 2. The lowest BCUT2D eigenvalue weighted by Gasteiger charge is -2.59. The van der Waals surface area contributed by atoms with Crippen LogP contribution in [-0.2, 0) is 0 Å². The highest BCUT2D eigenvalue weighted by atomic mass is 16.3. The van der Waals surface area contributed by atoms with Gasteiger partial charge in [-0.25, -0.2) is 0 Å². The lowest BCUT2D eigenvalue weighted by atomic mass is 9.46. The molecule has 4 atom stereocenters. The molecule has 2 N–H and O–H groups in total. The maximum atomic E-state index is 9.64. The van der Waals surface area contributed by atoms with Crippen molar-refractivity contribution in [1.29, 1.82) is 0 Å². The molecular weight excluding hydrogens is 224 g/mol. The van der Waals surface area contributed by atoms with Crippen LogP contribution in [0.5, 0.6) is 0 Å². The molecule has 2 aliphatic carbocycles. The maximum absolute atomic E-state index is 9.64. The Labute approximate surface area is 112 Å². The van der Waals surface area contributed by atoms with Gasteiger partial charge < -0.3 is 10.2 Å². The first-order valence-corrected chi connectivity index (χ1v) is 7.67. The largest absolute Gasteiger partial charge is 0.396 e. The molecule has 0 amide bonds. The minimum Gasteiger partial charge on any atom is -0.396 e. The summed E-state index contributed by atoms with van der Waals surface area (Å²) in [6, 6.07) is 0. The van der Waals surface area contributed by atoms with Crippen LogP contribution in [0.1, 0.15) is 59.3 Å². The summed E-state index contributed by atoms with van der Waals surface area (Å²) in [5.74, 6) is 1.68. The molecule has 0 aromatic heterocycles. The van der Waals surface area contributed by atoms with Gasteiger partial charge in [-0.1, -0.05) is 27.2 Å². The molecule has 0 aromatic carbocycles. The third-order valence-corrected chi connectivity index (χ3v) is 6.19. The van der Waals surface area contributed by atoms with E-state index < -0.39 is 0 Å².